The monoisotopic (exact) mass is 594 g/mol. The minimum absolute atomic E-state index is 0.219. The van der Waals surface area contributed by atoms with Crippen molar-refractivity contribution in [1.29, 1.82) is 0 Å². The summed E-state index contributed by atoms with van der Waals surface area (Å²) in [7, 11) is 0. The fourth-order valence-electron chi connectivity index (χ4n) is 5.20. The van der Waals surface area contributed by atoms with Crippen LogP contribution in [0.2, 0.25) is 5.02 Å². The fourth-order valence-corrected chi connectivity index (χ4v) is 6.43. The maximum absolute atomic E-state index is 14.1. The number of benzene rings is 4. The average Bonchev–Trinajstić information content (AvgIpc) is 3.29. The molecule has 1 aliphatic rings. The van der Waals surface area contributed by atoms with Gasteiger partial charge in [-0.15, -0.1) is 0 Å². The number of rotatable bonds is 7. The molecule has 210 valence electrons. The SMILES string of the molecule is CCOC(=O)C1=C(C)N=c2s/c(=C\c3cccc(OCc4ccccc4Cl)c3)c(=O)n2[C@@H]1c1cccc2ccccc12. The molecule has 0 unspecified atom stereocenters. The van der Waals surface area contributed by atoms with Crippen molar-refractivity contribution in [3.63, 3.8) is 0 Å². The third-order valence-corrected chi connectivity index (χ3v) is 8.49. The predicted octanol–water partition coefficient (Wildman–Crippen LogP) is 6.18. The van der Waals surface area contributed by atoms with E-state index in [-0.39, 0.29) is 12.2 Å². The number of allylic oxidation sites excluding steroid dienone is 1. The topological polar surface area (TPSA) is 69.9 Å². The van der Waals surface area contributed by atoms with E-state index < -0.39 is 12.0 Å². The zero-order chi connectivity index (χ0) is 29.2. The lowest BCUT2D eigenvalue weighted by Gasteiger charge is -2.25. The summed E-state index contributed by atoms with van der Waals surface area (Å²) in [4.78, 5) is 32.6. The summed E-state index contributed by atoms with van der Waals surface area (Å²) in [5, 5.41) is 2.62. The molecule has 0 aliphatic carbocycles. The number of carbonyl (C=O) groups excluding carboxylic acids is 1. The summed E-state index contributed by atoms with van der Waals surface area (Å²) in [6.45, 7) is 4.10. The molecular weight excluding hydrogens is 568 g/mol. The third kappa shape index (κ3) is 5.29. The van der Waals surface area contributed by atoms with Crippen molar-refractivity contribution in [3.05, 3.63) is 144 Å². The van der Waals surface area contributed by atoms with Crippen LogP contribution >= 0.6 is 22.9 Å². The smallest absolute Gasteiger partial charge is 0.338 e. The fraction of sp³-hybridized carbons (Fsp3) is 0.147. The van der Waals surface area contributed by atoms with Crippen LogP contribution in [0, 0.1) is 0 Å². The summed E-state index contributed by atoms with van der Waals surface area (Å²) in [5.74, 6) is 0.180. The molecule has 0 amide bonds. The van der Waals surface area contributed by atoms with E-state index in [1.807, 2.05) is 97.1 Å². The third-order valence-electron chi connectivity index (χ3n) is 7.14. The molecule has 0 saturated heterocycles. The van der Waals surface area contributed by atoms with Crippen LogP contribution in [-0.2, 0) is 16.1 Å². The standard InChI is InChI=1S/C34H27ClN2O4S/c1-3-40-33(39)30-21(2)36-34-37(31(30)27-16-9-13-23-11-4-6-15-26(23)27)32(38)29(42-34)19-22-10-8-14-25(18-22)41-20-24-12-5-7-17-28(24)35/h4-19,31H,3,20H2,1-2H3/b29-19-/t31-/m1/s1. The van der Waals surface area contributed by atoms with Crippen molar-refractivity contribution >= 4 is 45.8 Å². The number of esters is 1. The zero-order valence-corrected chi connectivity index (χ0v) is 24.6. The maximum atomic E-state index is 14.1. The number of halogens is 1. The van der Waals surface area contributed by atoms with Crippen molar-refractivity contribution < 1.29 is 14.3 Å². The van der Waals surface area contributed by atoms with E-state index in [0.29, 0.717) is 38.0 Å². The Hall–Kier alpha value is -4.46. The Morgan fingerprint density at radius 2 is 1.79 bits per heavy atom. The zero-order valence-electron chi connectivity index (χ0n) is 23.0. The molecule has 5 aromatic rings. The van der Waals surface area contributed by atoms with Crippen molar-refractivity contribution in [2.75, 3.05) is 6.61 Å². The summed E-state index contributed by atoms with van der Waals surface area (Å²) in [6, 6.07) is 28.3. The van der Waals surface area contributed by atoms with Crippen LogP contribution in [0.15, 0.2) is 112 Å². The molecule has 4 aromatic carbocycles. The molecule has 6 nitrogen and oxygen atoms in total. The van der Waals surface area contributed by atoms with Gasteiger partial charge in [0.1, 0.15) is 12.4 Å². The van der Waals surface area contributed by atoms with E-state index in [4.69, 9.17) is 26.1 Å². The maximum Gasteiger partial charge on any atom is 0.338 e. The molecule has 0 N–H and O–H groups in total. The Bertz CT molecular complexity index is 2040. The van der Waals surface area contributed by atoms with Gasteiger partial charge < -0.3 is 9.47 Å². The molecule has 0 saturated carbocycles. The van der Waals surface area contributed by atoms with Crippen molar-refractivity contribution in [2.45, 2.75) is 26.5 Å². The second kappa shape index (κ2) is 11.8. The molecule has 2 heterocycles. The Morgan fingerprint density at radius 1 is 1.02 bits per heavy atom. The predicted molar refractivity (Wildman–Crippen MR) is 167 cm³/mol. The lowest BCUT2D eigenvalue weighted by Crippen LogP contribution is -2.40. The van der Waals surface area contributed by atoms with Crippen LogP contribution in [0.1, 0.15) is 36.6 Å². The summed E-state index contributed by atoms with van der Waals surface area (Å²) in [5.41, 5.74) is 3.21. The van der Waals surface area contributed by atoms with E-state index in [0.717, 1.165) is 27.5 Å². The minimum atomic E-state index is -0.682. The van der Waals surface area contributed by atoms with Crippen molar-refractivity contribution in [1.82, 2.24) is 4.57 Å². The first-order valence-corrected chi connectivity index (χ1v) is 14.8. The van der Waals surface area contributed by atoms with Gasteiger partial charge in [0.05, 0.1) is 28.5 Å². The van der Waals surface area contributed by atoms with Gasteiger partial charge in [-0.1, -0.05) is 95.7 Å². The number of hydrogen-bond donors (Lipinski definition) is 0. The Labute approximate surface area is 251 Å². The Morgan fingerprint density at radius 3 is 2.62 bits per heavy atom. The second-order valence-corrected chi connectivity index (χ2v) is 11.2. The summed E-state index contributed by atoms with van der Waals surface area (Å²) >= 11 is 7.57. The van der Waals surface area contributed by atoms with Gasteiger partial charge in [-0.25, -0.2) is 9.79 Å². The molecule has 1 aromatic heterocycles. The number of carbonyl (C=O) groups is 1. The second-order valence-electron chi connectivity index (χ2n) is 9.82. The first-order chi connectivity index (χ1) is 20.4. The van der Waals surface area contributed by atoms with Crippen LogP contribution < -0.4 is 19.6 Å². The van der Waals surface area contributed by atoms with Gasteiger partial charge in [0.2, 0.25) is 0 Å². The molecule has 42 heavy (non-hydrogen) atoms. The molecule has 6 rings (SSSR count). The van der Waals surface area contributed by atoms with Crippen molar-refractivity contribution in [2.24, 2.45) is 4.99 Å². The quantitative estimate of drug-likeness (QED) is 0.211. The lowest BCUT2D eigenvalue weighted by molar-refractivity contribution is -0.139. The highest BCUT2D eigenvalue weighted by Crippen LogP contribution is 2.34. The molecule has 0 spiro atoms. The Balaban J connectivity index is 1.45. The molecule has 1 aliphatic heterocycles. The van der Waals surface area contributed by atoms with Gasteiger partial charge in [0.25, 0.3) is 5.56 Å². The average molecular weight is 595 g/mol. The van der Waals surface area contributed by atoms with Crippen LogP contribution in [0.5, 0.6) is 5.75 Å². The number of thiazole rings is 1. The Kier molecular flexibility index (Phi) is 7.78. The van der Waals surface area contributed by atoms with E-state index in [1.165, 1.54) is 11.3 Å². The molecule has 0 bridgehead atoms. The number of ether oxygens (including phenoxy) is 2. The largest absolute Gasteiger partial charge is 0.489 e. The van der Waals surface area contributed by atoms with E-state index >= 15 is 0 Å². The number of nitrogens with zero attached hydrogens (tertiary/aromatic N) is 2. The highest BCUT2D eigenvalue weighted by atomic mass is 35.5. The number of aromatic nitrogens is 1. The highest BCUT2D eigenvalue weighted by Gasteiger charge is 2.34. The van der Waals surface area contributed by atoms with E-state index in [2.05, 4.69) is 0 Å². The van der Waals surface area contributed by atoms with Gasteiger partial charge in [-0.05, 0) is 60.0 Å². The minimum Gasteiger partial charge on any atom is -0.489 e. The van der Waals surface area contributed by atoms with Crippen LogP contribution in [0.3, 0.4) is 0 Å². The molecule has 8 heteroatoms. The van der Waals surface area contributed by atoms with Gasteiger partial charge in [0.15, 0.2) is 4.80 Å². The number of fused-ring (bicyclic) bond motifs is 2. The van der Waals surface area contributed by atoms with Crippen molar-refractivity contribution in [3.8, 4) is 5.75 Å². The van der Waals surface area contributed by atoms with E-state index in [9.17, 15) is 9.59 Å². The van der Waals surface area contributed by atoms with E-state index in [1.54, 1.807) is 18.4 Å². The molecular formula is C34H27ClN2O4S. The normalized spacial score (nSPS) is 14.9. The van der Waals surface area contributed by atoms with Gasteiger partial charge in [-0.3, -0.25) is 9.36 Å². The van der Waals surface area contributed by atoms with Crippen LogP contribution in [0.25, 0.3) is 16.8 Å². The molecule has 0 radical (unpaired) electrons. The molecule has 0 fully saturated rings. The number of hydrogen-bond acceptors (Lipinski definition) is 6. The van der Waals surface area contributed by atoms with Gasteiger partial charge in [0, 0.05) is 10.6 Å². The van der Waals surface area contributed by atoms with Gasteiger partial charge >= 0.3 is 5.97 Å². The lowest BCUT2D eigenvalue weighted by atomic mass is 9.91. The summed E-state index contributed by atoms with van der Waals surface area (Å²) in [6.07, 6.45) is 1.83. The summed E-state index contributed by atoms with van der Waals surface area (Å²) < 4.78 is 13.6. The van der Waals surface area contributed by atoms with Crippen LogP contribution in [-0.4, -0.2) is 17.1 Å². The highest BCUT2D eigenvalue weighted by molar-refractivity contribution is 7.07. The van der Waals surface area contributed by atoms with Gasteiger partial charge in [-0.2, -0.15) is 0 Å². The van der Waals surface area contributed by atoms with Crippen LogP contribution in [0.4, 0.5) is 0 Å². The first-order valence-electron chi connectivity index (χ1n) is 13.6. The first kappa shape index (κ1) is 27.7. The molecule has 1 atom stereocenters.